The highest BCUT2D eigenvalue weighted by Crippen LogP contribution is 2.22. The molecule has 0 saturated carbocycles. The highest BCUT2D eigenvalue weighted by atomic mass is 16.5. The number of carbonyl (C=O) groups excluding carboxylic acids is 1. The first-order chi connectivity index (χ1) is 13.7. The van der Waals surface area contributed by atoms with E-state index in [2.05, 4.69) is 10.4 Å². The van der Waals surface area contributed by atoms with Crippen LogP contribution in [0.25, 0.3) is 5.52 Å². The molecule has 2 aromatic heterocycles. The monoisotopic (exact) mass is 380 g/mol. The molecule has 2 heterocycles. The van der Waals surface area contributed by atoms with E-state index in [1.165, 1.54) is 0 Å². The van der Waals surface area contributed by atoms with Gasteiger partial charge in [-0.15, -0.1) is 0 Å². The molecular formula is C21H24N4O3. The van der Waals surface area contributed by atoms with Crippen molar-refractivity contribution in [2.45, 2.75) is 32.2 Å². The summed E-state index contributed by atoms with van der Waals surface area (Å²) in [6, 6.07) is 7.32. The van der Waals surface area contributed by atoms with Crippen molar-refractivity contribution in [1.82, 2.24) is 19.5 Å². The number of amides is 1. The topological polar surface area (TPSA) is 77.6 Å². The number of methoxy groups -OCH3 is 1. The van der Waals surface area contributed by atoms with Crippen LogP contribution in [0.4, 0.5) is 0 Å². The van der Waals surface area contributed by atoms with E-state index in [4.69, 9.17) is 4.74 Å². The fourth-order valence-corrected chi connectivity index (χ4v) is 3.71. The predicted molar refractivity (Wildman–Crippen MR) is 106 cm³/mol. The van der Waals surface area contributed by atoms with Crippen LogP contribution in [0.15, 0.2) is 41.5 Å². The lowest BCUT2D eigenvalue weighted by molar-refractivity contribution is 0.0937. The Labute approximate surface area is 162 Å². The minimum Gasteiger partial charge on any atom is -0.383 e. The SMILES string of the molecule is COCCNC(=O)c1ccc(Cn2ccn3nc4c(c3c2=O)CCCC4)cc1. The molecule has 0 aliphatic heterocycles. The lowest BCUT2D eigenvalue weighted by atomic mass is 9.97. The molecule has 1 aromatic carbocycles. The van der Waals surface area contributed by atoms with Crippen molar-refractivity contribution in [3.8, 4) is 0 Å². The van der Waals surface area contributed by atoms with Crippen molar-refractivity contribution >= 4 is 11.4 Å². The fraction of sp³-hybridized carbons (Fsp3) is 0.381. The molecule has 1 aliphatic carbocycles. The zero-order valence-electron chi connectivity index (χ0n) is 16.0. The zero-order valence-corrected chi connectivity index (χ0v) is 16.0. The number of hydrogen-bond donors (Lipinski definition) is 1. The van der Waals surface area contributed by atoms with E-state index < -0.39 is 0 Å². The summed E-state index contributed by atoms with van der Waals surface area (Å²) in [5.74, 6) is -0.131. The van der Waals surface area contributed by atoms with E-state index in [1.54, 1.807) is 34.5 Å². The molecule has 1 amide bonds. The Balaban J connectivity index is 1.54. The molecule has 146 valence electrons. The van der Waals surface area contributed by atoms with Gasteiger partial charge in [-0.25, -0.2) is 4.52 Å². The average Bonchev–Trinajstić information content (AvgIpc) is 3.10. The van der Waals surface area contributed by atoms with Gasteiger partial charge in [-0.1, -0.05) is 12.1 Å². The van der Waals surface area contributed by atoms with Crippen molar-refractivity contribution < 1.29 is 9.53 Å². The van der Waals surface area contributed by atoms with Gasteiger partial charge in [-0.3, -0.25) is 9.59 Å². The number of ether oxygens (including phenoxy) is 1. The van der Waals surface area contributed by atoms with E-state index >= 15 is 0 Å². The Bertz CT molecular complexity index is 1050. The van der Waals surface area contributed by atoms with Gasteiger partial charge in [0.1, 0.15) is 5.52 Å². The van der Waals surface area contributed by atoms with Gasteiger partial charge >= 0.3 is 0 Å². The molecule has 1 aliphatic rings. The highest BCUT2D eigenvalue weighted by molar-refractivity contribution is 5.94. The molecular weight excluding hydrogens is 356 g/mol. The Hall–Kier alpha value is -2.93. The summed E-state index contributed by atoms with van der Waals surface area (Å²) in [6.07, 6.45) is 7.74. The van der Waals surface area contributed by atoms with Crippen LogP contribution < -0.4 is 10.9 Å². The summed E-state index contributed by atoms with van der Waals surface area (Å²) in [4.78, 5) is 25.1. The zero-order chi connectivity index (χ0) is 19.5. The van der Waals surface area contributed by atoms with E-state index in [1.807, 2.05) is 18.3 Å². The third-order valence-electron chi connectivity index (χ3n) is 5.19. The molecule has 7 heteroatoms. The van der Waals surface area contributed by atoms with Crippen LogP contribution >= 0.6 is 0 Å². The van der Waals surface area contributed by atoms with Gasteiger partial charge in [-0.05, 0) is 43.4 Å². The van der Waals surface area contributed by atoms with E-state index in [0.29, 0.717) is 30.8 Å². The molecule has 0 bridgehead atoms. The minimum atomic E-state index is -0.131. The fourth-order valence-electron chi connectivity index (χ4n) is 3.71. The summed E-state index contributed by atoms with van der Waals surface area (Å²) >= 11 is 0. The Morgan fingerprint density at radius 3 is 2.75 bits per heavy atom. The van der Waals surface area contributed by atoms with E-state index in [-0.39, 0.29) is 11.5 Å². The summed E-state index contributed by atoms with van der Waals surface area (Å²) in [6.45, 7) is 1.41. The first-order valence-corrected chi connectivity index (χ1v) is 9.63. The van der Waals surface area contributed by atoms with E-state index in [0.717, 1.165) is 42.5 Å². The standard InChI is InChI=1S/C21H24N4O3/c1-28-13-10-22-20(26)16-8-6-15(7-9-16)14-24-11-12-25-19(21(24)27)17-4-2-3-5-18(17)23-25/h6-9,11-12H,2-5,10,13-14H2,1H3,(H,22,26). The van der Waals surface area contributed by atoms with Crippen molar-refractivity contribution in [2.75, 3.05) is 20.3 Å². The molecule has 0 radical (unpaired) electrons. The summed E-state index contributed by atoms with van der Waals surface area (Å²) < 4.78 is 8.36. The molecule has 0 saturated heterocycles. The third-order valence-corrected chi connectivity index (χ3v) is 5.19. The van der Waals surface area contributed by atoms with Crippen LogP contribution in [-0.4, -0.2) is 40.3 Å². The van der Waals surface area contributed by atoms with Gasteiger partial charge in [0.15, 0.2) is 0 Å². The first kappa shape index (κ1) is 18.4. The largest absolute Gasteiger partial charge is 0.383 e. The number of benzene rings is 1. The number of nitrogens with one attached hydrogen (secondary N) is 1. The average molecular weight is 380 g/mol. The van der Waals surface area contributed by atoms with Gasteiger partial charge in [0.2, 0.25) is 0 Å². The number of aryl methyl sites for hydroxylation is 2. The van der Waals surface area contributed by atoms with Gasteiger partial charge in [0.05, 0.1) is 18.8 Å². The normalized spacial score (nSPS) is 13.5. The maximum Gasteiger partial charge on any atom is 0.277 e. The number of rotatable bonds is 6. The molecule has 3 aromatic rings. The second kappa shape index (κ2) is 7.98. The van der Waals surface area contributed by atoms with Crippen LogP contribution in [0.2, 0.25) is 0 Å². The van der Waals surface area contributed by atoms with Crippen LogP contribution in [0.5, 0.6) is 0 Å². The van der Waals surface area contributed by atoms with Crippen molar-refractivity contribution in [3.05, 3.63) is 69.4 Å². The molecule has 0 spiro atoms. The highest BCUT2D eigenvalue weighted by Gasteiger charge is 2.19. The molecule has 28 heavy (non-hydrogen) atoms. The van der Waals surface area contributed by atoms with Crippen LogP contribution in [0, 0.1) is 0 Å². The summed E-state index contributed by atoms with van der Waals surface area (Å²) in [7, 11) is 1.60. The molecule has 0 unspecified atom stereocenters. The Kier molecular flexibility index (Phi) is 5.25. The number of hydrogen-bond acceptors (Lipinski definition) is 4. The Morgan fingerprint density at radius 2 is 1.96 bits per heavy atom. The smallest absolute Gasteiger partial charge is 0.277 e. The number of carbonyl (C=O) groups is 1. The van der Waals surface area contributed by atoms with E-state index in [9.17, 15) is 9.59 Å². The van der Waals surface area contributed by atoms with Crippen LogP contribution in [-0.2, 0) is 24.1 Å². The Morgan fingerprint density at radius 1 is 1.18 bits per heavy atom. The maximum atomic E-state index is 13.0. The summed E-state index contributed by atoms with van der Waals surface area (Å²) in [5.41, 5.74) is 4.41. The summed E-state index contributed by atoms with van der Waals surface area (Å²) in [5, 5.41) is 7.37. The maximum absolute atomic E-state index is 13.0. The van der Waals surface area contributed by atoms with Crippen LogP contribution in [0.1, 0.15) is 40.0 Å². The molecule has 1 N–H and O–H groups in total. The van der Waals surface area contributed by atoms with Gasteiger partial charge in [-0.2, -0.15) is 5.10 Å². The van der Waals surface area contributed by atoms with Gasteiger partial charge < -0.3 is 14.6 Å². The van der Waals surface area contributed by atoms with Crippen molar-refractivity contribution in [1.29, 1.82) is 0 Å². The molecule has 4 rings (SSSR count). The number of fused-ring (bicyclic) bond motifs is 3. The second-order valence-corrected chi connectivity index (χ2v) is 7.10. The van der Waals surface area contributed by atoms with Gasteiger partial charge in [0.25, 0.3) is 11.5 Å². The molecule has 0 fully saturated rings. The number of nitrogens with zero attached hydrogens (tertiary/aromatic N) is 3. The minimum absolute atomic E-state index is 0.0143. The van der Waals surface area contributed by atoms with Crippen molar-refractivity contribution in [3.63, 3.8) is 0 Å². The van der Waals surface area contributed by atoms with Gasteiger partial charge in [0, 0.05) is 37.2 Å². The molecule has 7 nitrogen and oxygen atoms in total. The number of aromatic nitrogens is 3. The lowest BCUT2D eigenvalue weighted by Gasteiger charge is -2.10. The van der Waals surface area contributed by atoms with Crippen LogP contribution in [0.3, 0.4) is 0 Å². The third kappa shape index (κ3) is 3.57. The second-order valence-electron chi connectivity index (χ2n) is 7.10. The predicted octanol–water partition coefficient (Wildman–Crippen LogP) is 1.80. The lowest BCUT2D eigenvalue weighted by Crippen LogP contribution is -2.27. The molecule has 0 atom stereocenters. The quantitative estimate of drug-likeness (QED) is 0.662. The first-order valence-electron chi connectivity index (χ1n) is 9.63. The van der Waals surface area contributed by atoms with Crippen molar-refractivity contribution in [2.24, 2.45) is 0 Å².